The smallest absolute Gasteiger partial charge is 0.325 e. The van der Waals surface area contributed by atoms with Gasteiger partial charge in [-0.15, -0.1) is 0 Å². The van der Waals surface area contributed by atoms with Crippen molar-refractivity contribution >= 4 is 23.8 Å². The SMILES string of the molecule is CC1CC(C)(C)CC2(C1)NC(=O)N(CC(=O)NC(C)C(=O)O)C2=O. The molecule has 2 rings (SSSR count). The second kappa shape index (κ2) is 6.07. The predicted molar refractivity (Wildman–Crippen MR) is 85.0 cm³/mol. The Kier molecular flexibility index (Phi) is 4.61. The maximum Gasteiger partial charge on any atom is 0.325 e. The van der Waals surface area contributed by atoms with Crippen LogP contribution < -0.4 is 10.6 Å². The molecular weight excluding hydrogens is 314 g/mol. The highest BCUT2D eigenvalue weighted by molar-refractivity contribution is 6.09. The van der Waals surface area contributed by atoms with Gasteiger partial charge < -0.3 is 15.7 Å². The van der Waals surface area contributed by atoms with Crippen molar-refractivity contribution in [3.63, 3.8) is 0 Å². The highest BCUT2D eigenvalue weighted by atomic mass is 16.4. The lowest BCUT2D eigenvalue weighted by Crippen LogP contribution is -2.54. The van der Waals surface area contributed by atoms with Crippen molar-refractivity contribution in [1.29, 1.82) is 0 Å². The van der Waals surface area contributed by atoms with E-state index in [0.29, 0.717) is 12.8 Å². The van der Waals surface area contributed by atoms with Crippen LogP contribution in [0.25, 0.3) is 0 Å². The van der Waals surface area contributed by atoms with Crippen molar-refractivity contribution in [1.82, 2.24) is 15.5 Å². The monoisotopic (exact) mass is 339 g/mol. The number of nitrogens with one attached hydrogen (secondary N) is 2. The van der Waals surface area contributed by atoms with Gasteiger partial charge in [-0.2, -0.15) is 0 Å². The molecule has 1 heterocycles. The molecule has 3 atom stereocenters. The molecule has 8 nitrogen and oxygen atoms in total. The lowest BCUT2D eigenvalue weighted by atomic mass is 9.64. The molecule has 134 valence electrons. The van der Waals surface area contributed by atoms with Crippen molar-refractivity contribution in [3.8, 4) is 0 Å². The van der Waals surface area contributed by atoms with E-state index in [1.807, 2.05) is 6.92 Å². The average Bonchev–Trinajstić information content (AvgIpc) is 2.60. The lowest BCUT2D eigenvalue weighted by Gasteiger charge is -2.43. The average molecular weight is 339 g/mol. The van der Waals surface area contributed by atoms with Gasteiger partial charge in [-0.25, -0.2) is 4.79 Å². The molecule has 0 aromatic heterocycles. The van der Waals surface area contributed by atoms with E-state index in [1.165, 1.54) is 6.92 Å². The van der Waals surface area contributed by atoms with E-state index < -0.39 is 41.9 Å². The number of nitrogens with zero attached hydrogens (tertiary/aromatic N) is 1. The number of aliphatic carboxylic acids is 1. The number of imide groups is 1. The summed E-state index contributed by atoms with van der Waals surface area (Å²) >= 11 is 0. The minimum Gasteiger partial charge on any atom is -0.480 e. The Hall–Kier alpha value is -2.12. The molecule has 24 heavy (non-hydrogen) atoms. The fourth-order valence-corrected chi connectivity index (χ4v) is 4.14. The number of carbonyl (C=O) groups excluding carboxylic acids is 3. The third-order valence-corrected chi connectivity index (χ3v) is 4.67. The van der Waals surface area contributed by atoms with E-state index in [-0.39, 0.29) is 11.3 Å². The second-order valence-corrected chi connectivity index (χ2v) is 7.89. The highest BCUT2D eigenvalue weighted by Crippen LogP contribution is 2.46. The molecule has 3 N–H and O–H groups in total. The first-order valence-electron chi connectivity index (χ1n) is 8.12. The van der Waals surface area contributed by atoms with Crippen LogP contribution in [-0.2, 0) is 14.4 Å². The number of rotatable bonds is 4. The van der Waals surface area contributed by atoms with E-state index in [9.17, 15) is 19.2 Å². The van der Waals surface area contributed by atoms with E-state index >= 15 is 0 Å². The van der Waals surface area contributed by atoms with Crippen LogP contribution in [0.3, 0.4) is 0 Å². The summed E-state index contributed by atoms with van der Waals surface area (Å²) in [6.45, 7) is 7.02. The van der Waals surface area contributed by atoms with Crippen LogP contribution in [0.4, 0.5) is 4.79 Å². The molecule has 0 aromatic rings. The Bertz CT molecular complexity index is 588. The van der Waals surface area contributed by atoms with Gasteiger partial charge in [0.1, 0.15) is 18.1 Å². The number of amides is 4. The predicted octanol–water partition coefficient (Wildman–Crippen LogP) is 0.713. The molecule has 2 fully saturated rings. The molecule has 8 heteroatoms. The Morgan fingerprint density at radius 1 is 1.38 bits per heavy atom. The van der Waals surface area contributed by atoms with Gasteiger partial charge in [0, 0.05) is 0 Å². The Balaban J connectivity index is 2.11. The fraction of sp³-hybridized carbons (Fsp3) is 0.750. The van der Waals surface area contributed by atoms with Gasteiger partial charge in [0.2, 0.25) is 5.91 Å². The summed E-state index contributed by atoms with van der Waals surface area (Å²) in [5.41, 5.74) is -1.05. The Morgan fingerprint density at radius 3 is 2.54 bits per heavy atom. The highest BCUT2D eigenvalue weighted by Gasteiger charge is 2.56. The zero-order valence-corrected chi connectivity index (χ0v) is 14.5. The third kappa shape index (κ3) is 3.52. The number of hydrogen-bond acceptors (Lipinski definition) is 4. The molecule has 4 amide bonds. The summed E-state index contributed by atoms with van der Waals surface area (Å²) in [7, 11) is 0. The molecule has 1 aliphatic heterocycles. The van der Waals surface area contributed by atoms with Gasteiger partial charge in [-0.1, -0.05) is 20.8 Å². The Morgan fingerprint density at radius 2 is 2.00 bits per heavy atom. The van der Waals surface area contributed by atoms with Crippen LogP contribution >= 0.6 is 0 Å². The van der Waals surface area contributed by atoms with Gasteiger partial charge in [-0.3, -0.25) is 19.3 Å². The largest absolute Gasteiger partial charge is 0.480 e. The van der Waals surface area contributed by atoms with Crippen LogP contribution in [0.2, 0.25) is 0 Å². The zero-order valence-electron chi connectivity index (χ0n) is 14.5. The number of urea groups is 1. The quantitative estimate of drug-likeness (QED) is 0.653. The van der Waals surface area contributed by atoms with E-state index in [4.69, 9.17) is 5.11 Å². The minimum absolute atomic E-state index is 0.0866. The number of carbonyl (C=O) groups is 4. The summed E-state index contributed by atoms with van der Waals surface area (Å²) in [6.07, 6.45) is 2.04. The third-order valence-electron chi connectivity index (χ3n) is 4.67. The van der Waals surface area contributed by atoms with Crippen molar-refractivity contribution in [2.75, 3.05) is 6.54 Å². The minimum atomic E-state index is -1.18. The molecule has 0 bridgehead atoms. The molecule has 3 unspecified atom stereocenters. The number of carboxylic acid groups (broad SMARTS) is 1. The molecule has 1 saturated carbocycles. The van der Waals surface area contributed by atoms with E-state index in [1.54, 1.807) is 0 Å². The van der Waals surface area contributed by atoms with Crippen molar-refractivity contribution in [3.05, 3.63) is 0 Å². The molecule has 1 aliphatic carbocycles. The first-order chi connectivity index (χ1) is 11.0. The second-order valence-electron chi connectivity index (χ2n) is 7.89. The molecule has 2 aliphatic rings. The van der Waals surface area contributed by atoms with Gasteiger partial charge in [0.15, 0.2) is 0 Å². The normalized spacial score (nSPS) is 30.2. The van der Waals surface area contributed by atoms with Gasteiger partial charge in [-0.05, 0) is 37.5 Å². The maximum absolute atomic E-state index is 12.8. The molecule has 0 radical (unpaired) electrons. The van der Waals surface area contributed by atoms with Crippen LogP contribution in [0.1, 0.15) is 47.0 Å². The summed E-state index contributed by atoms with van der Waals surface area (Å²) in [6, 6.07) is -1.68. The van der Waals surface area contributed by atoms with Crippen LogP contribution in [0, 0.1) is 11.3 Å². The van der Waals surface area contributed by atoms with Crippen LogP contribution in [0.15, 0.2) is 0 Å². The van der Waals surface area contributed by atoms with Gasteiger partial charge in [0.25, 0.3) is 5.91 Å². The van der Waals surface area contributed by atoms with Crippen molar-refractivity contribution in [2.24, 2.45) is 11.3 Å². The molecular formula is C16H25N3O5. The first-order valence-corrected chi connectivity index (χ1v) is 8.12. The summed E-state index contributed by atoms with van der Waals surface area (Å²) in [5, 5.41) is 13.8. The lowest BCUT2D eigenvalue weighted by molar-refractivity contribution is -0.142. The van der Waals surface area contributed by atoms with E-state index in [0.717, 1.165) is 11.3 Å². The van der Waals surface area contributed by atoms with Gasteiger partial charge in [0.05, 0.1) is 0 Å². The van der Waals surface area contributed by atoms with Crippen molar-refractivity contribution < 1.29 is 24.3 Å². The van der Waals surface area contributed by atoms with Gasteiger partial charge >= 0.3 is 12.0 Å². The topological polar surface area (TPSA) is 116 Å². The summed E-state index contributed by atoms with van der Waals surface area (Å²) in [4.78, 5) is 48.6. The summed E-state index contributed by atoms with van der Waals surface area (Å²) < 4.78 is 0. The number of carboxylic acids is 1. The van der Waals surface area contributed by atoms with Crippen LogP contribution in [-0.4, -0.2) is 51.9 Å². The maximum atomic E-state index is 12.8. The van der Waals surface area contributed by atoms with Crippen LogP contribution in [0.5, 0.6) is 0 Å². The standard InChI is InChI=1S/C16H25N3O5/c1-9-5-15(3,4)8-16(6-9)13(23)19(14(24)18-16)7-11(20)17-10(2)12(21)22/h9-10H,5-8H2,1-4H3,(H,17,20)(H,18,24)(H,21,22). The fourth-order valence-electron chi connectivity index (χ4n) is 4.14. The first kappa shape index (κ1) is 18.2. The number of hydrogen-bond donors (Lipinski definition) is 3. The summed E-state index contributed by atoms with van der Waals surface area (Å²) in [5.74, 6) is -1.97. The Labute approximate surface area is 141 Å². The molecule has 1 spiro atoms. The molecule has 1 saturated heterocycles. The van der Waals surface area contributed by atoms with E-state index in [2.05, 4.69) is 24.5 Å². The zero-order chi connectivity index (χ0) is 18.3. The van der Waals surface area contributed by atoms with Crippen molar-refractivity contribution in [2.45, 2.75) is 58.5 Å². The molecule has 0 aromatic carbocycles.